The van der Waals surface area contributed by atoms with Crippen molar-refractivity contribution in [3.8, 4) is 0 Å². The highest BCUT2D eigenvalue weighted by Gasteiger charge is 2.43. The summed E-state index contributed by atoms with van der Waals surface area (Å²) < 4.78 is 31.9. The number of rotatable bonds is 7. The Bertz CT molecular complexity index is 1380. The second-order valence-corrected chi connectivity index (χ2v) is 9.15. The first-order valence-corrected chi connectivity index (χ1v) is 12.1. The molecule has 0 aliphatic carbocycles. The first-order chi connectivity index (χ1) is 18.2. The number of piperidine rings is 1. The van der Waals surface area contributed by atoms with Gasteiger partial charge in [-0.05, 0) is 60.7 Å². The van der Waals surface area contributed by atoms with Crippen molar-refractivity contribution < 1.29 is 27.9 Å². The third-order valence-electron chi connectivity index (χ3n) is 6.70. The van der Waals surface area contributed by atoms with Gasteiger partial charge in [0.1, 0.15) is 25.0 Å². The molecule has 1 fully saturated rings. The molecule has 38 heavy (non-hydrogen) atoms. The van der Waals surface area contributed by atoms with Gasteiger partial charge >= 0.3 is 6.09 Å². The number of benzene rings is 2. The molecule has 3 amide bonds. The summed E-state index contributed by atoms with van der Waals surface area (Å²) in [7, 11) is 6.86. The summed E-state index contributed by atoms with van der Waals surface area (Å²) in [5.74, 6) is -1.82. The number of fused-ring (bicyclic) bond motifs is 1. The molecule has 2 radical (unpaired) electrons. The highest BCUT2D eigenvalue weighted by molar-refractivity contribution is 6.32. The summed E-state index contributed by atoms with van der Waals surface area (Å²) >= 11 is 0. The zero-order valence-corrected chi connectivity index (χ0v) is 20.9. The number of nitrogens with one attached hydrogen (secondary N) is 3. The second-order valence-electron chi connectivity index (χ2n) is 9.15. The normalized spacial score (nSPS) is 15.0. The Hall–Kier alpha value is -4.15. The van der Waals surface area contributed by atoms with Crippen LogP contribution in [0.5, 0.6) is 0 Å². The minimum atomic E-state index is -1.26. The molecule has 196 valence electrons. The van der Waals surface area contributed by atoms with Gasteiger partial charge in [0.05, 0.1) is 7.11 Å². The Morgan fingerprint density at radius 2 is 1.92 bits per heavy atom. The van der Waals surface area contributed by atoms with E-state index in [2.05, 4.69) is 15.6 Å². The average Bonchev–Trinajstić information content (AvgIpc) is 3.31. The molecular weight excluding hydrogens is 493 g/mol. The Kier molecular flexibility index (Phi) is 8.14. The van der Waals surface area contributed by atoms with Crippen LogP contribution >= 0.6 is 0 Å². The molecule has 0 unspecified atom stereocenters. The van der Waals surface area contributed by atoms with E-state index in [0.717, 1.165) is 16.5 Å². The fourth-order valence-electron chi connectivity index (χ4n) is 4.56. The van der Waals surface area contributed by atoms with Crippen molar-refractivity contribution in [3.05, 3.63) is 71.4 Å². The molecule has 1 saturated heterocycles. The van der Waals surface area contributed by atoms with Gasteiger partial charge in [-0.1, -0.05) is 17.6 Å². The number of ether oxygens (including phenoxy) is 1. The largest absolute Gasteiger partial charge is 0.453 e. The van der Waals surface area contributed by atoms with Gasteiger partial charge in [-0.2, -0.15) is 0 Å². The van der Waals surface area contributed by atoms with Crippen molar-refractivity contribution in [2.75, 3.05) is 26.7 Å². The Balaban J connectivity index is 1.45. The van der Waals surface area contributed by atoms with Crippen LogP contribution in [0.15, 0.2) is 48.7 Å². The summed E-state index contributed by atoms with van der Waals surface area (Å²) in [6.45, 7) is 0.673. The van der Waals surface area contributed by atoms with Crippen LogP contribution in [0, 0.1) is 11.6 Å². The first kappa shape index (κ1) is 26.9. The van der Waals surface area contributed by atoms with Gasteiger partial charge in [0, 0.05) is 42.8 Å². The number of carbonyl (C=O) groups excluding carboxylic acids is 3. The van der Waals surface area contributed by atoms with E-state index in [4.69, 9.17) is 12.6 Å². The van der Waals surface area contributed by atoms with E-state index in [1.807, 2.05) is 0 Å². The third-order valence-corrected chi connectivity index (χ3v) is 6.70. The van der Waals surface area contributed by atoms with Gasteiger partial charge in [-0.25, -0.2) is 13.6 Å². The highest BCUT2D eigenvalue weighted by Crippen LogP contribution is 2.24. The quantitative estimate of drug-likeness (QED) is 0.329. The molecule has 1 aromatic heterocycles. The number of amides is 3. The maximum absolute atomic E-state index is 13.7. The lowest BCUT2D eigenvalue weighted by Crippen LogP contribution is -2.63. The minimum absolute atomic E-state index is 0.0449. The molecule has 3 N–H and O–H groups in total. The van der Waals surface area contributed by atoms with Crippen LogP contribution in [0.2, 0.25) is 0 Å². The van der Waals surface area contributed by atoms with E-state index in [0.29, 0.717) is 12.0 Å². The van der Waals surface area contributed by atoms with E-state index < -0.39 is 23.4 Å². The molecule has 4 rings (SSSR count). The number of carbonyl (C=O) groups is 3. The topological polar surface area (TPSA) is 104 Å². The van der Waals surface area contributed by atoms with Gasteiger partial charge in [-0.15, -0.1) is 0 Å². The van der Waals surface area contributed by atoms with Crippen LogP contribution < -0.4 is 16.1 Å². The first-order valence-electron chi connectivity index (χ1n) is 12.1. The Morgan fingerprint density at radius 1 is 1.16 bits per heavy atom. The zero-order chi connectivity index (χ0) is 27.3. The van der Waals surface area contributed by atoms with E-state index in [9.17, 15) is 23.2 Å². The van der Waals surface area contributed by atoms with Crippen LogP contribution in [0.25, 0.3) is 17.0 Å². The van der Waals surface area contributed by atoms with Gasteiger partial charge in [-0.3, -0.25) is 9.59 Å². The number of H-pyrrole nitrogens is 1. The van der Waals surface area contributed by atoms with Crippen molar-refractivity contribution in [2.24, 2.45) is 0 Å². The molecule has 8 nitrogen and oxygen atoms in total. The molecule has 11 heteroatoms. The number of nitrogens with zero attached hydrogens (tertiary/aromatic N) is 1. The van der Waals surface area contributed by atoms with E-state index in [1.165, 1.54) is 54.5 Å². The molecule has 0 bridgehead atoms. The summed E-state index contributed by atoms with van der Waals surface area (Å²) in [5, 5.41) is 6.43. The molecule has 2 heterocycles. The summed E-state index contributed by atoms with van der Waals surface area (Å²) in [6, 6.07) is 8.54. The van der Waals surface area contributed by atoms with Crippen LogP contribution in [-0.2, 0) is 20.7 Å². The van der Waals surface area contributed by atoms with Gasteiger partial charge in [0.15, 0.2) is 0 Å². The maximum atomic E-state index is 13.7. The van der Waals surface area contributed by atoms with Crippen LogP contribution in [-0.4, -0.2) is 67.9 Å². The molecule has 3 aromatic rings. The van der Waals surface area contributed by atoms with Crippen molar-refractivity contribution in [2.45, 2.75) is 24.8 Å². The van der Waals surface area contributed by atoms with Crippen LogP contribution in [0.3, 0.4) is 0 Å². The molecule has 0 spiro atoms. The molecule has 0 atom stereocenters. The number of methoxy groups -OCH3 is 1. The second kappa shape index (κ2) is 11.5. The van der Waals surface area contributed by atoms with E-state index in [-0.39, 0.29) is 49.7 Å². The third kappa shape index (κ3) is 6.04. The highest BCUT2D eigenvalue weighted by atomic mass is 19.1. The molecule has 1 aliphatic heterocycles. The van der Waals surface area contributed by atoms with Gasteiger partial charge in [0.25, 0.3) is 0 Å². The Morgan fingerprint density at radius 3 is 2.63 bits per heavy atom. The number of aromatic amines is 1. The summed E-state index contributed by atoms with van der Waals surface area (Å²) in [4.78, 5) is 42.7. The SMILES string of the molecule is [B]c1cc(/C=C/C(=O)NC2(C(=O)NCCc3c[nH]c4ccc(F)cc34)CCN(C(=O)OC)CC2)ccc1F. The fourth-order valence-corrected chi connectivity index (χ4v) is 4.56. The Labute approximate surface area is 219 Å². The predicted octanol–water partition coefficient (Wildman–Crippen LogP) is 2.33. The van der Waals surface area contributed by atoms with E-state index >= 15 is 0 Å². The number of aromatic nitrogens is 1. The molecule has 0 saturated carbocycles. The number of likely N-dealkylation sites (tertiary alicyclic amines) is 1. The minimum Gasteiger partial charge on any atom is -0.453 e. The molecule has 2 aromatic carbocycles. The number of hydrogen-bond acceptors (Lipinski definition) is 4. The lowest BCUT2D eigenvalue weighted by Gasteiger charge is -2.40. The smallest absolute Gasteiger partial charge is 0.409 e. The summed E-state index contributed by atoms with van der Waals surface area (Å²) in [6.07, 6.45) is 4.77. The predicted molar refractivity (Wildman–Crippen MR) is 140 cm³/mol. The maximum Gasteiger partial charge on any atom is 0.409 e. The van der Waals surface area contributed by atoms with Crippen molar-refractivity contribution >= 4 is 48.2 Å². The lowest BCUT2D eigenvalue weighted by atomic mass is 9.86. The monoisotopic (exact) mass is 520 g/mol. The van der Waals surface area contributed by atoms with Crippen molar-refractivity contribution in [3.63, 3.8) is 0 Å². The lowest BCUT2D eigenvalue weighted by molar-refractivity contribution is -0.134. The van der Waals surface area contributed by atoms with Crippen molar-refractivity contribution in [1.82, 2.24) is 20.5 Å². The van der Waals surface area contributed by atoms with Crippen LogP contribution in [0.4, 0.5) is 13.6 Å². The van der Waals surface area contributed by atoms with Gasteiger partial charge < -0.3 is 25.3 Å². The van der Waals surface area contributed by atoms with Gasteiger partial charge in [0.2, 0.25) is 11.8 Å². The zero-order valence-electron chi connectivity index (χ0n) is 20.9. The molecule has 1 aliphatic rings. The van der Waals surface area contributed by atoms with E-state index in [1.54, 1.807) is 12.3 Å². The van der Waals surface area contributed by atoms with Crippen molar-refractivity contribution in [1.29, 1.82) is 0 Å². The van der Waals surface area contributed by atoms with Crippen LogP contribution in [0.1, 0.15) is 24.0 Å². The fraction of sp³-hybridized carbons (Fsp3) is 0.296. The number of halogens is 2. The standard InChI is InChI=1S/C27H27BF2N4O4/c1-38-26(37)34-12-9-27(10-13-34,33-24(35)7-3-17-2-5-22(30)21(28)14-17)25(36)31-11-8-18-16-32-23-6-4-19(29)15-20(18)23/h2-7,14-16,32H,8-13H2,1H3,(H,31,36)(H,33,35)/b7-3+. The molecular formula is C27H27BF2N4O4. The summed E-state index contributed by atoms with van der Waals surface area (Å²) in [5.41, 5.74) is 0.853. The average molecular weight is 520 g/mol. The number of hydrogen-bond donors (Lipinski definition) is 3.